The van der Waals surface area contributed by atoms with Crippen LogP contribution in [-0.2, 0) is 11.2 Å². The molecule has 0 aromatic heterocycles. The molecule has 1 aliphatic rings. The SMILES string of the molecule is CC(N(C)C(=O)C1Cc2ccccc2N1)C(C)(C)C. The summed E-state index contributed by atoms with van der Waals surface area (Å²) in [5.74, 6) is 0.179. The standard InChI is InChI=1S/C16H24N2O/c1-11(16(2,3)4)18(5)15(19)14-10-12-8-6-7-9-13(12)17-14/h6-9,11,14,17H,10H2,1-5H3. The first kappa shape index (κ1) is 13.9. The van der Waals surface area contributed by atoms with E-state index in [1.54, 1.807) is 0 Å². The van der Waals surface area contributed by atoms with Crippen molar-refractivity contribution in [1.82, 2.24) is 4.90 Å². The van der Waals surface area contributed by atoms with Gasteiger partial charge < -0.3 is 10.2 Å². The number of nitrogens with one attached hydrogen (secondary N) is 1. The third-order valence-electron chi connectivity index (χ3n) is 4.25. The van der Waals surface area contributed by atoms with E-state index in [1.807, 2.05) is 30.1 Å². The van der Waals surface area contributed by atoms with Gasteiger partial charge in [0.25, 0.3) is 0 Å². The molecule has 104 valence electrons. The molecule has 0 spiro atoms. The first-order valence-corrected chi connectivity index (χ1v) is 6.92. The second kappa shape index (κ2) is 4.87. The lowest BCUT2D eigenvalue weighted by Crippen LogP contribution is -2.48. The first-order valence-electron chi connectivity index (χ1n) is 6.92. The molecule has 0 fully saturated rings. The van der Waals surface area contributed by atoms with E-state index < -0.39 is 0 Å². The van der Waals surface area contributed by atoms with Gasteiger partial charge in [-0.1, -0.05) is 39.0 Å². The molecule has 0 aliphatic carbocycles. The van der Waals surface area contributed by atoms with E-state index in [2.05, 4.69) is 39.1 Å². The van der Waals surface area contributed by atoms with Gasteiger partial charge in [0.1, 0.15) is 6.04 Å². The van der Waals surface area contributed by atoms with Crippen LogP contribution in [0.3, 0.4) is 0 Å². The van der Waals surface area contributed by atoms with Gasteiger partial charge in [0.2, 0.25) is 5.91 Å². The Hall–Kier alpha value is -1.51. The summed E-state index contributed by atoms with van der Waals surface area (Å²) >= 11 is 0. The van der Waals surface area contributed by atoms with Crippen molar-refractivity contribution in [2.24, 2.45) is 5.41 Å². The van der Waals surface area contributed by atoms with Crippen LogP contribution in [0.5, 0.6) is 0 Å². The number of likely N-dealkylation sites (N-methyl/N-ethyl adjacent to an activating group) is 1. The van der Waals surface area contributed by atoms with Crippen molar-refractivity contribution in [2.45, 2.75) is 46.2 Å². The van der Waals surface area contributed by atoms with E-state index in [9.17, 15) is 4.79 Å². The van der Waals surface area contributed by atoms with Crippen LogP contribution < -0.4 is 5.32 Å². The summed E-state index contributed by atoms with van der Waals surface area (Å²) in [6, 6.07) is 8.24. The molecule has 3 nitrogen and oxygen atoms in total. The number of fused-ring (bicyclic) bond motifs is 1. The monoisotopic (exact) mass is 260 g/mol. The van der Waals surface area contributed by atoms with Crippen LogP contribution >= 0.6 is 0 Å². The molecule has 1 aromatic rings. The predicted molar refractivity (Wildman–Crippen MR) is 79.2 cm³/mol. The number of hydrogen-bond acceptors (Lipinski definition) is 2. The molecule has 1 aromatic carbocycles. The van der Waals surface area contributed by atoms with Crippen molar-refractivity contribution in [3.05, 3.63) is 29.8 Å². The average molecular weight is 260 g/mol. The summed E-state index contributed by atoms with van der Waals surface area (Å²) in [7, 11) is 1.91. The Morgan fingerprint density at radius 2 is 2.00 bits per heavy atom. The van der Waals surface area contributed by atoms with Gasteiger partial charge in [-0.3, -0.25) is 4.79 Å². The topological polar surface area (TPSA) is 32.3 Å². The zero-order valence-electron chi connectivity index (χ0n) is 12.5. The highest BCUT2D eigenvalue weighted by molar-refractivity contribution is 5.87. The highest BCUT2D eigenvalue weighted by Crippen LogP contribution is 2.28. The lowest BCUT2D eigenvalue weighted by molar-refractivity contribution is -0.134. The largest absolute Gasteiger partial charge is 0.373 e. The van der Waals surface area contributed by atoms with Crippen molar-refractivity contribution < 1.29 is 4.79 Å². The number of carbonyl (C=O) groups is 1. The van der Waals surface area contributed by atoms with Crippen LogP contribution in [0.15, 0.2) is 24.3 Å². The first-order chi connectivity index (χ1) is 8.80. The minimum atomic E-state index is -0.118. The zero-order valence-corrected chi connectivity index (χ0v) is 12.5. The second-order valence-corrected chi connectivity index (χ2v) is 6.55. The number of hydrogen-bond donors (Lipinski definition) is 1. The van der Waals surface area contributed by atoms with Gasteiger partial charge in [-0.2, -0.15) is 0 Å². The maximum atomic E-state index is 12.6. The van der Waals surface area contributed by atoms with Gasteiger partial charge in [0, 0.05) is 25.2 Å². The van der Waals surface area contributed by atoms with E-state index in [0.29, 0.717) is 0 Å². The van der Waals surface area contributed by atoms with Crippen molar-refractivity contribution in [3.63, 3.8) is 0 Å². The molecule has 1 amide bonds. The number of amides is 1. The van der Waals surface area contributed by atoms with Crippen LogP contribution in [0, 0.1) is 5.41 Å². The molecule has 0 bridgehead atoms. The Balaban J connectivity index is 2.07. The number of rotatable bonds is 2. The molecule has 19 heavy (non-hydrogen) atoms. The number of anilines is 1. The van der Waals surface area contributed by atoms with Gasteiger partial charge in [-0.05, 0) is 24.0 Å². The molecular weight excluding hydrogens is 236 g/mol. The van der Waals surface area contributed by atoms with Crippen LogP contribution in [0.25, 0.3) is 0 Å². The molecule has 2 unspecified atom stereocenters. The van der Waals surface area contributed by atoms with E-state index >= 15 is 0 Å². The Bertz CT molecular complexity index is 451. The number of para-hydroxylation sites is 1. The molecule has 0 saturated heterocycles. The number of nitrogens with zero attached hydrogens (tertiary/aromatic N) is 1. The van der Waals surface area contributed by atoms with Crippen molar-refractivity contribution in [3.8, 4) is 0 Å². The molecular formula is C16H24N2O. The zero-order chi connectivity index (χ0) is 14.2. The van der Waals surface area contributed by atoms with Crippen LogP contribution in [0.2, 0.25) is 0 Å². The van der Waals surface area contributed by atoms with E-state index in [-0.39, 0.29) is 23.4 Å². The molecule has 1 aliphatic heterocycles. The van der Waals surface area contributed by atoms with Crippen molar-refractivity contribution >= 4 is 11.6 Å². The maximum Gasteiger partial charge on any atom is 0.245 e. The van der Waals surface area contributed by atoms with Gasteiger partial charge >= 0.3 is 0 Å². The molecule has 2 rings (SSSR count). The fraction of sp³-hybridized carbons (Fsp3) is 0.562. The normalized spacial score (nSPS) is 19.5. The summed E-state index contributed by atoms with van der Waals surface area (Å²) in [6.07, 6.45) is 0.788. The molecule has 1 heterocycles. The van der Waals surface area contributed by atoms with Crippen LogP contribution in [0.1, 0.15) is 33.3 Å². The molecule has 0 saturated carbocycles. The van der Waals surface area contributed by atoms with E-state index in [0.717, 1.165) is 12.1 Å². The summed E-state index contributed by atoms with van der Waals surface area (Å²) in [4.78, 5) is 14.4. The number of carbonyl (C=O) groups excluding carboxylic acids is 1. The van der Waals surface area contributed by atoms with Crippen molar-refractivity contribution in [1.29, 1.82) is 0 Å². The van der Waals surface area contributed by atoms with Gasteiger partial charge in [0.05, 0.1) is 0 Å². The fourth-order valence-electron chi connectivity index (χ4n) is 2.46. The van der Waals surface area contributed by atoms with Gasteiger partial charge in [0.15, 0.2) is 0 Å². The Kier molecular flexibility index (Phi) is 3.57. The van der Waals surface area contributed by atoms with Crippen LogP contribution in [0.4, 0.5) is 5.69 Å². The lowest BCUT2D eigenvalue weighted by Gasteiger charge is -2.36. The average Bonchev–Trinajstić information content (AvgIpc) is 2.78. The second-order valence-electron chi connectivity index (χ2n) is 6.55. The van der Waals surface area contributed by atoms with E-state index in [1.165, 1.54) is 5.56 Å². The molecule has 3 heteroatoms. The fourth-order valence-corrected chi connectivity index (χ4v) is 2.46. The summed E-state index contributed by atoms with van der Waals surface area (Å²) < 4.78 is 0. The summed E-state index contributed by atoms with van der Waals surface area (Å²) in [5.41, 5.74) is 2.42. The van der Waals surface area contributed by atoms with E-state index in [4.69, 9.17) is 0 Å². The lowest BCUT2D eigenvalue weighted by atomic mass is 9.87. The maximum absolute atomic E-state index is 12.6. The van der Waals surface area contributed by atoms with Crippen LogP contribution in [-0.4, -0.2) is 29.9 Å². The smallest absolute Gasteiger partial charge is 0.245 e. The molecule has 2 atom stereocenters. The third kappa shape index (κ3) is 2.75. The minimum Gasteiger partial charge on any atom is -0.373 e. The van der Waals surface area contributed by atoms with Crippen molar-refractivity contribution in [2.75, 3.05) is 12.4 Å². The van der Waals surface area contributed by atoms with Gasteiger partial charge in [-0.15, -0.1) is 0 Å². The Labute approximate surface area is 116 Å². The summed E-state index contributed by atoms with van der Waals surface area (Å²) in [5, 5.41) is 3.33. The Morgan fingerprint density at radius 3 is 2.58 bits per heavy atom. The van der Waals surface area contributed by atoms with Gasteiger partial charge in [-0.25, -0.2) is 0 Å². The Morgan fingerprint density at radius 1 is 1.37 bits per heavy atom. The quantitative estimate of drug-likeness (QED) is 0.886. The molecule has 1 N–H and O–H groups in total. The number of benzene rings is 1. The highest BCUT2D eigenvalue weighted by Gasteiger charge is 2.33. The predicted octanol–water partition coefficient (Wildman–Crippen LogP) is 2.92. The minimum absolute atomic E-state index is 0.0931. The highest BCUT2D eigenvalue weighted by atomic mass is 16.2. The summed E-state index contributed by atoms with van der Waals surface area (Å²) in [6.45, 7) is 8.61. The third-order valence-corrected chi connectivity index (χ3v) is 4.25. The molecule has 0 radical (unpaired) electrons.